The minimum Gasteiger partial charge on any atom is -0.371 e. The van der Waals surface area contributed by atoms with E-state index in [0.717, 1.165) is 17.4 Å². The fourth-order valence-electron chi connectivity index (χ4n) is 3.20. The fraction of sp³-hybridized carbons (Fsp3) is 0.500. The van der Waals surface area contributed by atoms with Crippen molar-refractivity contribution in [3.8, 4) is 0 Å². The molecule has 19 heavy (non-hydrogen) atoms. The smallest absolute Gasteiger partial charge is 0.371 e. The molecule has 0 amide bonds. The number of hydrogen-bond donors (Lipinski definition) is 0. The lowest BCUT2D eigenvalue weighted by atomic mass is 9.86. The number of hydrogen-bond acceptors (Lipinski definition) is 2. The Hall–Kier alpha value is -1.64. The first-order valence-corrected chi connectivity index (χ1v) is 7.11. The van der Waals surface area contributed by atoms with Crippen molar-refractivity contribution >= 4 is 11.0 Å². The molecule has 1 aromatic carbocycles. The van der Waals surface area contributed by atoms with Crippen LogP contribution in [0.25, 0.3) is 11.0 Å². The molecule has 0 aliphatic heterocycles. The highest BCUT2D eigenvalue weighted by Gasteiger charge is 2.32. The third kappa shape index (κ3) is 2.18. The van der Waals surface area contributed by atoms with Crippen LogP contribution in [-0.2, 0) is 0 Å². The quantitative estimate of drug-likeness (QED) is 0.736. The van der Waals surface area contributed by atoms with Crippen LogP contribution in [0.4, 0.5) is 0 Å². The van der Waals surface area contributed by atoms with Gasteiger partial charge in [0, 0.05) is 12.3 Å². The molecule has 0 radical (unpaired) electrons. The number of rotatable bonds is 1. The van der Waals surface area contributed by atoms with Gasteiger partial charge in [0.15, 0.2) is 17.8 Å². The van der Waals surface area contributed by atoms with Crippen molar-refractivity contribution < 1.29 is 8.98 Å². The van der Waals surface area contributed by atoms with E-state index in [4.69, 9.17) is 4.42 Å². The van der Waals surface area contributed by atoms with E-state index >= 15 is 0 Å². The SMILES string of the molecule is Cc1cccc2c[n+](C3CCCCC3C)c(=O)oc12. The molecule has 3 rings (SSSR count). The molecule has 1 aliphatic carbocycles. The van der Waals surface area contributed by atoms with Crippen LogP contribution in [0.15, 0.2) is 33.6 Å². The van der Waals surface area contributed by atoms with E-state index in [1.54, 1.807) is 0 Å². The van der Waals surface area contributed by atoms with Crippen LogP contribution in [0, 0.1) is 12.8 Å². The van der Waals surface area contributed by atoms with Gasteiger partial charge in [-0.05, 0) is 31.4 Å². The summed E-state index contributed by atoms with van der Waals surface area (Å²) in [5.41, 5.74) is 1.73. The van der Waals surface area contributed by atoms with Crippen LogP contribution in [0.1, 0.15) is 44.2 Å². The van der Waals surface area contributed by atoms with Crippen molar-refractivity contribution in [1.29, 1.82) is 0 Å². The van der Waals surface area contributed by atoms with Crippen molar-refractivity contribution in [2.75, 3.05) is 0 Å². The highest BCUT2D eigenvalue weighted by molar-refractivity contribution is 5.77. The van der Waals surface area contributed by atoms with Crippen LogP contribution in [0.5, 0.6) is 0 Å². The summed E-state index contributed by atoms with van der Waals surface area (Å²) in [7, 11) is 0. The zero-order chi connectivity index (χ0) is 13.4. The molecule has 1 aromatic heterocycles. The van der Waals surface area contributed by atoms with Gasteiger partial charge < -0.3 is 4.42 Å². The molecule has 0 N–H and O–H groups in total. The Morgan fingerprint density at radius 1 is 1.26 bits per heavy atom. The Bertz CT molecular complexity index is 659. The van der Waals surface area contributed by atoms with E-state index in [1.807, 2.05) is 35.9 Å². The molecule has 2 unspecified atom stereocenters. The van der Waals surface area contributed by atoms with Gasteiger partial charge in [-0.15, -0.1) is 4.57 Å². The first-order chi connectivity index (χ1) is 9.16. The standard InChI is InChI=1S/C16H20NO2/c1-11-6-3-4-9-14(11)17-10-13-8-5-7-12(2)15(13)19-16(17)18/h5,7-8,10-11,14H,3-4,6,9H2,1-2H3/q+1. The van der Waals surface area contributed by atoms with Gasteiger partial charge in [-0.1, -0.05) is 25.5 Å². The van der Waals surface area contributed by atoms with Crippen LogP contribution in [0.2, 0.25) is 0 Å². The number of para-hydroxylation sites is 1. The molecule has 3 nitrogen and oxygen atoms in total. The Labute approximate surface area is 112 Å². The fourth-order valence-corrected chi connectivity index (χ4v) is 3.20. The monoisotopic (exact) mass is 258 g/mol. The zero-order valence-electron chi connectivity index (χ0n) is 11.6. The number of benzene rings is 1. The zero-order valence-corrected chi connectivity index (χ0v) is 11.6. The molecule has 1 fully saturated rings. The number of nitrogens with zero attached hydrogens (tertiary/aromatic N) is 1. The molecule has 1 heterocycles. The predicted molar refractivity (Wildman–Crippen MR) is 74.1 cm³/mol. The molecular formula is C16H20NO2+. The number of aryl methyl sites for hydroxylation is 1. The maximum absolute atomic E-state index is 12.2. The maximum atomic E-state index is 12.2. The normalized spacial score (nSPS) is 23.7. The highest BCUT2D eigenvalue weighted by Crippen LogP contribution is 2.29. The average molecular weight is 258 g/mol. The lowest BCUT2D eigenvalue weighted by Crippen LogP contribution is -2.55. The summed E-state index contributed by atoms with van der Waals surface area (Å²) >= 11 is 0. The van der Waals surface area contributed by atoms with Gasteiger partial charge in [-0.3, -0.25) is 0 Å². The summed E-state index contributed by atoms with van der Waals surface area (Å²) < 4.78 is 7.34. The van der Waals surface area contributed by atoms with Crippen molar-refractivity contribution in [3.63, 3.8) is 0 Å². The van der Waals surface area contributed by atoms with Gasteiger partial charge >= 0.3 is 5.76 Å². The minimum atomic E-state index is -0.222. The van der Waals surface area contributed by atoms with Crippen LogP contribution in [0.3, 0.4) is 0 Å². The molecule has 2 atom stereocenters. The molecule has 100 valence electrons. The largest absolute Gasteiger partial charge is 0.602 e. The molecule has 0 saturated heterocycles. The Kier molecular flexibility index (Phi) is 3.13. The summed E-state index contributed by atoms with van der Waals surface area (Å²) in [6.07, 6.45) is 6.72. The Balaban J connectivity index is 2.14. The van der Waals surface area contributed by atoms with Gasteiger partial charge in [0.2, 0.25) is 0 Å². The van der Waals surface area contributed by atoms with Crippen molar-refractivity contribution in [2.45, 2.75) is 45.6 Å². The molecule has 2 aromatic rings. The topological polar surface area (TPSA) is 34.1 Å². The summed E-state index contributed by atoms with van der Waals surface area (Å²) in [6, 6.07) is 6.27. The molecule has 0 bridgehead atoms. The van der Waals surface area contributed by atoms with E-state index < -0.39 is 0 Å². The lowest BCUT2D eigenvalue weighted by molar-refractivity contribution is -0.753. The maximum Gasteiger partial charge on any atom is 0.602 e. The van der Waals surface area contributed by atoms with E-state index in [0.29, 0.717) is 11.5 Å². The second-order valence-electron chi connectivity index (χ2n) is 5.73. The first kappa shape index (κ1) is 12.4. The summed E-state index contributed by atoms with van der Waals surface area (Å²) in [6.45, 7) is 4.20. The second kappa shape index (κ2) is 4.80. The van der Waals surface area contributed by atoms with Gasteiger partial charge in [0.05, 0.1) is 5.39 Å². The predicted octanol–water partition coefficient (Wildman–Crippen LogP) is 3.14. The molecule has 0 spiro atoms. The van der Waals surface area contributed by atoms with Gasteiger partial charge in [-0.25, -0.2) is 0 Å². The molecule has 1 aliphatic rings. The second-order valence-corrected chi connectivity index (χ2v) is 5.73. The summed E-state index contributed by atoms with van der Waals surface area (Å²) in [5, 5.41) is 1.01. The lowest BCUT2D eigenvalue weighted by Gasteiger charge is -2.23. The Morgan fingerprint density at radius 3 is 2.84 bits per heavy atom. The van der Waals surface area contributed by atoms with Crippen molar-refractivity contribution in [2.24, 2.45) is 5.92 Å². The highest BCUT2D eigenvalue weighted by atomic mass is 16.4. The Morgan fingerprint density at radius 2 is 2.05 bits per heavy atom. The van der Waals surface area contributed by atoms with Gasteiger partial charge in [0.1, 0.15) is 0 Å². The van der Waals surface area contributed by atoms with E-state index in [1.165, 1.54) is 19.3 Å². The third-order valence-electron chi connectivity index (χ3n) is 4.34. The van der Waals surface area contributed by atoms with Crippen LogP contribution >= 0.6 is 0 Å². The minimum absolute atomic E-state index is 0.222. The average Bonchev–Trinajstić information content (AvgIpc) is 2.40. The first-order valence-electron chi connectivity index (χ1n) is 7.11. The van der Waals surface area contributed by atoms with E-state index in [9.17, 15) is 4.79 Å². The molecule has 3 heteroatoms. The van der Waals surface area contributed by atoms with Crippen LogP contribution in [-0.4, -0.2) is 0 Å². The summed E-state index contributed by atoms with van der Waals surface area (Å²) in [5.74, 6) is 0.324. The molecular weight excluding hydrogens is 238 g/mol. The van der Waals surface area contributed by atoms with Gasteiger partial charge in [-0.2, -0.15) is 4.79 Å². The van der Waals surface area contributed by atoms with E-state index in [2.05, 4.69) is 6.92 Å². The number of aromatic nitrogens is 1. The van der Waals surface area contributed by atoms with Crippen LogP contribution < -0.4 is 10.3 Å². The van der Waals surface area contributed by atoms with E-state index in [-0.39, 0.29) is 11.8 Å². The van der Waals surface area contributed by atoms with Crippen molar-refractivity contribution in [1.82, 2.24) is 0 Å². The molecule has 1 saturated carbocycles. The van der Waals surface area contributed by atoms with Gasteiger partial charge in [0.25, 0.3) is 0 Å². The third-order valence-corrected chi connectivity index (χ3v) is 4.34. The summed E-state index contributed by atoms with van der Waals surface area (Å²) in [4.78, 5) is 12.2. The van der Waals surface area contributed by atoms with Crippen molar-refractivity contribution in [3.05, 3.63) is 40.5 Å². The number of fused-ring (bicyclic) bond motifs is 1.